The molecule has 98 valence electrons. The molecule has 0 spiro atoms. The minimum absolute atomic E-state index is 0.585. The lowest BCUT2D eigenvalue weighted by atomic mass is 10.1. The van der Waals surface area contributed by atoms with Gasteiger partial charge in [0.1, 0.15) is 0 Å². The van der Waals surface area contributed by atoms with E-state index >= 15 is 0 Å². The summed E-state index contributed by atoms with van der Waals surface area (Å²) in [6.07, 6.45) is 3.94. The Morgan fingerprint density at radius 2 is 1.78 bits per heavy atom. The second kappa shape index (κ2) is 5.43. The lowest BCUT2D eigenvalue weighted by Gasteiger charge is -2.23. The van der Waals surface area contributed by atoms with Gasteiger partial charge in [-0.2, -0.15) is 0 Å². The Balaban J connectivity index is 1.81. The van der Waals surface area contributed by atoms with Crippen molar-refractivity contribution in [2.45, 2.75) is 31.3 Å². The lowest BCUT2D eigenvalue weighted by Crippen LogP contribution is -2.33. The number of halogens is 3. The number of fused-ring (bicyclic) bond motifs is 1. The highest BCUT2D eigenvalue weighted by molar-refractivity contribution is 9.11. The normalized spacial score (nSPS) is 27.5. The van der Waals surface area contributed by atoms with Crippen molar-refractivity contribution in [1.29, 1.82) is 0 Å². The standard InChI is InChI=1S/C13H15Br3N2/c14-8-6-9(15)13(10(16)7-8)17-11-3-5-18-4-1-2-12(11)18/h6-7,11-12,17H,1-5H2. The van der Waals surface area contributed by atoms with Gasteiger partial charge >= 0.3 is 0 Å². The predicted molar refractivity (Wildman–Crippen MR) is 86.2 cm³/mol. The molecule has 1 N–H and O–H groups in total. The Bertz CT molecular complexity index is 441. The third kappa shape index (κ3) is 2.51. The quantitative estimate of drug-likeness (QED) is 0.724. The van der Waals surface area contributed by atoms with E-state index in [1.807, 2.05) is 0 Å². The number of rotatable bonds is 2. The fraction of sp³-hybridized carbons (Fsp3) is 0.538. The van der Waals surface area contributed by atoms with E-state index in [-0.39, 0.29) is 0 Å². The highest BCUT2D eigenvalue weighted by atomic mass is 79.9. The van der Waals surface area contributed by atoms with Gasteiger partial charge in [0.05, 0.1) is 5.69 Å². The summed E-state index contributed by atoms with van der Waals surface area (Å²) in [5.74, 6) is 0. The molecular weight excluding hydrogens is 424 g/mol. The molecule has 3 rings (SSSR count). The van der Waals surface area contributed by atoms with Crippen molar-refractivity contribution in [2.75, 3.05) is 18.4 Å². The van der Waals surface area contributed by atoms with Crippen LogP contribution in [0, 0.1) is 0 Å². The molecule has 0 bridgehead atoms. The molecule has 2 atom stereocenters. The number of nitrogens with zero attached hydrogens (tertiary/aromatic N) is 1. The van der Waals surface area contributed by atoms with Crippen LogP contribution < -0.4 is 5.32 Å². The third-order valence-electron chi connectivity index (χ3n) is 3.94. The molecule has 0 saturated carbocycles. The van der Waals surface area contributed by atoms with Gasteiger partial charge < -0.3 is 5.32 Å². The van der Waals surface area contributed by atoms with Crippen LogP contribution in [0.2, 0.25) is 0 Å². The number of nitrogens with one attached hydrogen (secondary N) is 1. The molecule has 0 amide bonds. The zero-order valence-electron chi connectivity index (χ0n) is 9.93. The van der Waals surface area contributed by atoms with Crippen LogP contribution in [0.5, 0.6) is 0 Å². The van der Waals surface area contributed by atoms with Crippen molar-refractivity contribution in [3.05, 3.63) is 25.6 Å². The number of hydrogen-bond acceptors (Lipinski definition) is 2. The molecule has 2 aliphatic heterocycles. The Kier molecular flexibility index (Phi) is 4.04. The molecule has 0 radical (unpaired) electrons. The molecule has 1 aromatic rings. The predicted octanol–water partition coefficient (Wildman–Crippen LogP) is 4.62. The number of hydrogen-bond donors (Lipinski definition) is 1. The molecular formula is C13H15Br3N2. The summed E-state index contributed by atoms with van der Waals surface area (Å²) >= 11 is 10.8. The summed E-state index contributed by atoms with van der Waals surface area (Å²) in [5.41, 5.74) is 1.18. The monoisotopic (exact) mass is 436 g/mol. The van der Waals surface area contributed by atoms with Crippen molar-refractivity contribution in [2.24, 2.45) is 0 Å². The Morgan fingerprint density at radius 1 is 1.06 bits per heavy atom. The van der Waals surface area contributed by atoms with Crippen molar-refractivity contribution in [3.8, 4) is 0 Å². The lowest BCUT2D eigenvalue weighted by molar-refractivity contribution is 0.318. The number of benzene rings is 1. The maximum Gasteiger partial charge on any atom is 0.0632 e. The molecule has 2 nitrogen and oxygen atoms in total. The summed E-state index contributed by atoms with van der Waals surface area (Å²) in [7, 11) is 0. The fourth-order valence-corrected chi connectivity index (χ4v) is 5.60. The Morgan fingerprint density at radius 3 is 2.50 bits per heavy atom. The molecule has 0 aliphatic carbocycles. The van der Waals surface area contributed by atoms with Gasteiger partial charge in [-0.05, 0) is 69.8 Å². The molecule has 2 aliphatic rings. The summed E-state index contributed by atoms with van der Waals surface area (Å²) in [6.45, 7) is 2.53. The SMILES string of the molecule is Brc1cc(Br)c(NC2CCN3CCCC23)c(Br)c1. The third-order valence-corrected chi connectivity index (χ3v) is 5.65. The van der Waals surface area contributed by atoms with Crippen LogP contribution in [0.25, 0.3) is 0 Å². The molecule has 2 fully saturated rings. The number of anilines is 1. The Labute approximate surface area is 133 Å². The summed E-state index contributed by atoms with van der Waals surface area (Å²) in [5, 5.41) is 3.72. The maximum atomic E-state index is 3.72. The molecule has 0 aromatic heterocycles. The van der Waals surface area contributed by atoms with Gasteiger partial charge in [0, 0.05) is 32.0 Å². The van der Waals surface area contributed by atoms with Crippen LogP contribution in [0.15, 0.2) is 25.6 Å². The van der Waals surface area contributed by atoms with E-state index in [0.29, 0.717) is 6.04 Å². The second-order valence-corrected chi connectivity index (χ2v) is 7.65. The first-order valence-electron chi connectivity index (χ1n) is 6.30. The fourth-order valence-electron chi connectivity index (χ4n) is 3.12. The summed E-state index contributed by atoms with van der Waals surface area (Å²) in [4.78, 5) is 2.62. The van der Waals surface area contributed by atoms with Crippen LogP contribution >= 0.6 is 47.8 Å². The van der Waals surface area contributed by atoms with Crippen LogP contribution in [0.4, 0.5) is 5.69 Å². The van der Waals surface area contributed by atoms with E-state index in [4.69, 9.17) is 0 Å². The summed E-state index contributed by atoms with van der Waals surface area (Å²) in [6, 6.07) is 5.50. The van der Waals surface area contributed by atoms with E-state index in [0.717, 1.165) is 19.5 Å². The van der Waals surface area contributed by atoms with Crippen LogP contribution in [0.3, 0.4) is 0 Å². The zero-order valence-corrected chi connectivity index (χ0v) is 14.7. The van der Waals surface area contributed by atoms with Gasteiger partial charge in [0.2, 0.25) is 0 Å². The van der Waals surface area contributed by atoms with Gasteiger partial charge in [-0.15, -0.1) is 0 Å². The van der Waals surface area contributed by atoms with Gasteiger partial charge in [-0.25, -0.2) is 0 Å². The van der Waals surface area contributed by atoms with Gasteiger partial charge in [-0.3, -0.25) is 4.90 Å². The van der Waals surface area contributed by atoms with Crippen LogP contribution in [0.1, 0.15) is 19.3 Å². The molecule has 2 saturated heterocycles. The van der Waals surface area contributed by atoms with Crippen LogP contribution in [-0.2, 0) is 0 Å². The maximum absolute atomic E-state index is 3.72. The second-order valence-electron chi connectivity index (χ2n) is 5.03. The van der Waals surface area contributed by atoms with E-state index in [2.05, 4.69) is 70.1 Å². The average molecular weight is 439 g/mol. The Hall–Kier alpha value is 0.420. The van der Waals surface area contributed by atoms with Crippen molar-refractivity contribution in [1.82, 2.24) is 4.90 Å². The summed E-state index contributed by atoms with van der Waals surface area (Å²) < 4.78 is 3.31. The molecule has 18 heavy (non-hydrogen) atoms. The minimum Gasteiger partial charge on any atom is -0.379 e. The van der Waals surface area contributed by atoms with E-state index in [9.17, 15) is 0 Å². The van der Waals surface area contributed by atoms with Crippen LogP contribution in [-0.4, -0.2) is 30.1 Å². The topological polar surface area (TPSA) is 15.3 Å². The highest BCUT2D eigenvalue weighted by Gasteiger charge is 2.37. The van der Waals surface area contributed by atoms with E-state index in [1.165, 1.54) is 38.0 Å². The average Bonchev–Trinajstić information content (AvgIpc) is 2.86. The molecule has 5 heteroatoms. The first-order chi connectivity index (χ1) is 8.65. The highest BCUT2D eigenvalue weighted by Crippen LogP contribution is 2.37. The molecule has 1 aromatic carbocycles. The van der Waals surface area contributed by atoms with Gasteiger partial charge in [-0.1, -0.05) is 15.9 Å². The van der Waals surface area contributed by atoms with E-state index < -0.39 is 0 Å². The first kappa shape index (κ1) is 13.4. The first-order valence-corrected chi connectivity index (χ1v) is 8.68. The largest absolute Gasteiger partial charge is 0.379 e. The van der Waals surface area contributed by atoms with Crippen molar-refractivity contribution >= 4 is 53.5 Å². The zero-order chi connectivity index (χ0) is 12.7. The molecule has 2 unspecified atom stereocenters. The van der Waals surface area contributed by atoms with Crippen molar-refractivity contribution < 1.29 is 0 Å². The van der Waals surface area contributed by atoms with Gasteiger partial charge in [0.15, 0.2) is 0 Å². The minimum atomic E-state index is 0.585. The molecule has 2 heterocycles. The van der Waals surface area contributed by atoms with Gasteiger partial charge in [0.25, 0.3) is 0 Å². The van der Waals surface area contributed by atoms with Crippen molar-refractivity contribution in [3.63, 3.8) is 0 Å². The van der Waals surface area contributed by atoms with E-state index in [1.54, 1.807) is 0 Å². The smallest absolute Gasteiger partial charge is 0.0632 e.